The molecule has 2 rings (SSSR count). The van der Waals surface area contributed by atoms with E-state index in [-0.39, 0.29) is 5.91 Å². The van der Waals surface area contributed by atoms with Crippen LogP contribution in [-0.4, -0.2) is 48.5 Å². The maximum absolute atomic E-state index is 12.0. The highest BCUT2D eigenvalue weighted by Crippen LogP contribution is 2.19. The van der Waals surface area contributed by atoms with Crippen LogP contribution < -0.4 is 10.6 Å². The summed E-state index contributed by atoms with van der Waals surface area (Å²) in [7, 11) is 0. The molecule has 0 saturated carbocycles. The standard InChI is InChI=1S/C13H22N4OS/c14-5-3-1-2-4-12(18)16-7-9-17(10-8-16)13-15-6-11-19-13/h6,11H,1-5,7-10,14H2. The average molecular weight is 282 g/mol. The first-order chi connectivity index (χ1) is 9.31. The Morgan fingerprint density at radius 3 is 2.68 bits per heavy atom. The quantitative estimate of drug-likeness (QED) is 0.799. The zero-order valence-corrected chi connectivity index (χ0v) is 12.1. The SMILES string of the molecule is NCCCCCC(=O)N1CCN(c2nccs2)CC1. The molecule has 106 valence electrons. The number of nitrogens with two attached hydrogens (primary N) is 1. The zero-order valence-electron chi connectivity index (χ0n) is 11.3. The van der Waals surface area contributed by atoms with Crippen LogP contribution in [0.3, 0.4) is 0 Å². The van der Waals surface area contributed by atoms with Gasteiger partial charge in [-0.25, -0.2) is 4.98 Å². The van der Waals surface area contributed by atoms with Crippen LogP contribution >= 0.6 is 11.3 Å². The molecule has 2 heterocycles. The van der Waals surface area contributed by atoms with Crippen LogP contribution in [-0.2, 0) is 4.79 Å². The van der Waals surface area contributed by atoms with E-state index >= 15 is 0 Å². The molecule has 1 aliphatic rings. The first-order valence-electron chi connectivity index (χ1n) is 6.93. The van der Waals surface area contributed by atoms with Crippen molar-refractivity contribution in [2.24, 2.45) is 5.73 Å². The van der Waals surface area contributed by atoms with Gasteiger partial charge in [-0.1, -0.05) is 6.42 Å². The minimum Gasteiger partial charge on any atom is -0.345 e. The molecule has 0 aromatic carbocycles. The Morgan fingerprint density at radius 1 is 1.26 bits per heavy atom. The number of amides is 1. The van der Waals surface area contributed by atoms with Crippen LogP contribution in [0.2, 0.25) is 0 Å². The van der Waals surface area contributed by atoms with E-state index in [1.165, 1.54) is 0 Å². The van der Waals surface area contributed by atoms with Crippen LogP contribution in [0.25, 0.3) is 0 Å². The molecule has 1 fully saturated rings. The van der Waals surface area contributed by atoms with Gasteiger partial charge < -0.3 is 15.5 Å². The minimum absolute atomic E-state index is 0.288. The second kappa shape index (κ2) is 7.45. The number of carbonyl (C=O) groups is 1. The van der Waals surface area contributed by atoms with Gasteiger partial charge in [0, 0.05) is 44.2 Å². The van der Waals surface area contributed by atoms with Crippen molar-refractivity contribution in [1.82, 2.24) is 9.88 Å². The van der Waals surface area contributed by atoms with E-state index in [1.54, 1.807) is 11.3 Å². The Bertz CT molecular complexity index is 374. The van der Waals surface area contributed by atoms with Crippen molar-refractivity contribution in [1.29, 1.82) is 0 Å². The van der Waals surface area contributed by atoms with Crippen LogP contribution in [0, 0.1) is 0 Å². The molecule has 0 aliphatic carbocycles. The molecule has 1 aromatic rings. The lowest BCUT2D eigenvalue weighted by atomic mass is 10.1. The summed E-state index contributed by atoms with van der Waals surface area (Å²) in [6, 6.07) is 0. The van der Waals surface area contributed by atoms with E-state index in [0.29, 0.717) is 6.42 Å². The molecule has 0 radical (unpaired) electrons. The van der Waals surface area contributed by atoms with Crippen molar-refractivity contribution in [3.05, 3.63) is 11.6 Å². The van der Waals surface area contributed by atoms with Gasteiger partial charge in [-0.3, -0.25) is 4.79 Å². The highest BCUT2D eigenvalue weighted by atomic mass is 32.1. The Kier molecular flexibility index (Phi) is 5.60. The smallest absolute Gasteiger partial charge is 0.222 e. The van der Waals surface area contributed by atoms with E-state index in [9.17, 15) is 4.79 Å². The van der Waals surface area contributed by atoms with Crippen LogP contribution in [0.15, 0.2) is 11.6 Å². The number of hydrogen-bond acceptors (Lipinski definition) is 5. The summed E-state index contributed by atoms with van der Waals surface area (Å²) in [4.78, 5) is 20.6. The lowest BCUT2D eigenvalue weighted by molar-refractivity contribution is -0.131. The fraction of sp³-hybridized carbons (Fsp3) is 0.692. The molecule has 0 atom stereocenters. The number of aromatic nitrogens is 1. The predicted octanol–water partition coefficient (Wildman–Crippen LogP) is 1.31. The third-order valence-electron chi connectivity index (χ3n) is 3.42. The maximum Gasteiger partial charge on any atom is 0.222 e. The average Bonchev–Trinajstić information content (AvgIpc) is 2.98. The number of anilines is 1. The third kappa shape index (κ3) is 4.18. The number of nitrogens with zero attached hydrogens (tertiary/aromatic N) is 3. The summed E-state index contributed by atoms with van der Waals surface area (Å²) in [5.74, 6) is 0.288. The van der Waals surface area contributed by atoms with E-state index in [4.69, 9.17) is 5.73 Å². The van der Waals surface area contributed by atoms with E-state index in [0.717, 1.165) is 57.1 Å². The summed E-state index contributed by atoms with van der Waals surface area (Å²) in [6.45, 7) is 4.13. The molecule has 1 aromatic heterocycles. The van der Waals surface area contributed by atoms with Gasteiger partial charge >= 0.3 is 0 Å². The van der Waals surface area contributed by atoms with Crippen molar-refractivity contribution in [3.63, 3.8) is 0 Å². The zero-order chi connectivity index (χ0) is 13.5. The lowest BCUT2D eigenvalue weighted by Gasteiger charge is -2.34. The molecule has 0 unspecified atom stereocenters. The maximum atomic E-state index is 12.0. The minimum atomic E-state index is 0.288. The molecule has 1 amide bonds. The van der Waals surface area contributed by atoms with Gasteiger partial charge in [0.1, 0.15) is 0 Å². The monoisotopic (exact) mass is 282 g/mol. The van der Waals surface area contributed by atoms with Crippen molar-refractivity contribution >= 4 is 22.4 Å². The molecule has 6 heteroatoms. The molecule has 2 N–H and O–H groups in total. The second-order valence-electron chi connectivity index (χ2n) is 4.78. The molecule has 5 nitrogen and oxygen atoms in total. The molecule has 0 spiro atoms. The largest absolute Gasteiger partial charge is 0.345 e. The normalized spacial score (nSPS) is 15.8. The molecule has 19 heavy (non-hydrogen) atoms. The molecule has 0 bridgehead atoms. The van der Waals surface area contributed by atoms with Crippen LogP contribution in [0.4, 0.5) is 5.13 Å². The number of rotatable bonds is 6. The number of piperazine rings is 1. The van der Waals surface area contributed by atoms with Gasteiger partial charge in [0.25, 0.3) is 0 Å². The van der Waals surface area contributed by atoms with E-state index < -0.39 is 0 Å². The molecular formula is C13H22N4OS. The predicted molar refractivity (Wildman–Crippen MR) is 78.4 cm³/mol. The first kappa shape index (κ1) is 14.3. The van der Waals surface area contributed by atoms with E-state index in [1.807, 2.05) is 16.5 Å². The number of carbonyl (C=O) groups excluding carboxylic acids is 1. The molecule has 1 saturated heterocycles. The Morgan fingerprint density at radius 2 is 2.05 bits per heavy atom. The van der Waals surface area contributed by atoms with Gasteiger partial charge in [0.15, 0.2) is 5.13 Å². The van der Waals surface area contributed by atoms with Crippen molar-refractivity contribution in [2.45, 2.75) is 25.7 Å². The Balaban J connectivity index is 1.69. The van der Waals surface area contributed by atoms with Crippen molar-refractivity contribution < 1.29 is 4.79 Å². The van der Waals surface area contributed by atoms with Gasteiger partial charge in [-0.05, 0) is 19.4 Å². The topological polar surface area (TPSA) is 62.5 Å². The summed E-state index contributed by atoms with van der Waals surface area (Å²) < 4.78 is 0. The van der Waals surface area contributed by atoms with Gasteiger partial charge in [0.2, 0.25) is 5.91 Å². The number of thiazole rings is 1. The Labute approximate surface area is 118 Å². The molecular weight excluding hydrogens is 260 g/mol. The van der Waals surface area contributed by atoms with Crippen LogP contribution in [0.5, 0.6) is 0 Å². The van der Waals surface area contributed by atoms with Crippen molar-refractivity contribution in [2.75, 3.05) is 37.6 Å². The van der Waals surface area contributed by atoms with Gasteiger partial charge in [-0.2, -0.15) is 0 Å². The summed E-state index contributed by atoms with van der Waals surface area (Å²) in [6.07, 6.45) is 5.53. The summed E-state index contributed by atoms with van der Waals surface area (Å²) >= 11 is 1.66. The fourth-order valence-electron chi connectivity index (χ4n) is 2.27. The molecule has 1 aliphatic heterocycles. The highest BCUT2D eigenvalue weighted by molar-refractivity contribution is 7.13. The lowest BCUT2D eigenvalue weighted by Crippen LogP contribution is -2.48. The first-order valence-corrected chi connectivity index (χ1v) is 7.81. The second-order valence-corrected chi connectivity index (χ2v) is 5.65. The number of unbranched alkanes of at least 4 members (excludes halogenated alkanes) is 2. The summed E-state index contributed by atoms with van der Waals surface area (Å²) in [5.41, 5.74) is 5.44. The van der Waals surface area contributed by atoms with Crippen LogP contribution in [0.1, 0.15) is 25.7 Å². The third-order valence-corrected chi connectivity index (χ3v) is 4.25. The number of hydrogen-bond donors (Lipinski definition) is 1. The fourth-order valence-corrected chi connectivity index (χ4v) is 2.97. The van der Waals surface area contributed by atoms with Gasteiger partial charge in [0.05, 0.1) is 0 Å². The highest BCUT2D eigenvalue weighted by Gasteiger charge is 2.21. The van der Waals surface area contributed by atoms with Gasteiger partial charge in [-0.15, -0.1) is 11.3 Å². The Hall–Kier alpha value is -1.14. The summed E-state index contributed by atoms with van der Waals surface area (Å²) in [5, 5.41) is 3.06. The van der Waals surface area contributed by atoms with E-state index in [2.05, 4.69) is 9.88 Å². The van der Waals surface area contributed by atoms with Crippen molar-refractivity contribution in [3.8, 4) is 0 Å².